The number of fused-ring (bicyclic) bond motifs is 2. The van der Waals surface area contributed by atoms with Crippen molar-refractivity contribution in [2.24, 2.45) is 0 Å². The van der Waals surface area contributed by atoms with Gasteiger partial charge in [-0.3, -0.25) is 0 Å². The monoisotopic (exact) mass is 391 g/mol. The van der Waals surface area contributed by atoms with Crippen molar-refractivity contribution in [1.29, 1.82) is 0 Å². The largest absolute Gasteiger partial charge is 0.368 e. The van der Waals surface area contributed by atoms with Gasteiger partial charge < -0.3 is 4.90 Å². The van der Waals surface area contributed by atoms with Crippen molar-refractivity contribution in [3.8, 4) is 0 Å². The van der Waals surface area contributed by atoms with Crippen LogP contribution in [0.3, 0.4) is 0 Å². The predicted molar refractivity (Wildman–Crippen MR) is 129 cm³/mol. The highest BCUT2D eigenvalue weighted by Gasteiger charge is 2.28. The molecule has 2 aromatic rings. The number of allylic oxidation sites excluding steroid dienone is 1. The Hall–Kier alpha value is -2.35. The molecule has 2 heteroatoms. The number of benzene rings is 2. The number of likely N-dealkylation sites (N-methyl/N-ethyl adjacent to an activating group) is 1. The van der Waals surface area contributed by atoms with Gasteiger partial charge in [0.15, 0.2) is 5.71 Å². The molecule has 0 N–H and O–H groups in total. The summed E-state index contributed by atoms with van der Waals surface area (Å²) in [5.74, 6) is 0. The van der Waals surface area contributed by atoms with Gasteiger partial charge in [0.25, 0.3) is 0 Å². The van der Waals surface area contributed by atoms with Crippen molar-refractivity contribution in [2.75, 3.05) is 18.0 Å². The van der Waals surface area contributed by atoms with Crippen molar-refractivity contribution in [3.05, 3.63) is 71.8 Å². The lowest BCUT2D eigenvalue weighted by atomic mass is 10.1. The molecule has 0 bridgehead atoms. The molecule has 2 heterocycles. The zero-order valence-corrected chi connectivity index (χ0v) is 19.3. The van der Waals surface area contributed by atoms with Crippen LogP contribution in [0.5, 0.6) is 0 Å². The number of para-hydroxylation sites is 2. The van der Waals surface area contributed by atoms with E-state index in [1.165, 1.54) is 34.6 Å². The van der Waals surface area contributed by atoms with Gasteiger partial charge in [-0.1, -0.05) is 70.2 Å². The zero-order chi connectivity index (χ0) is 21.2. The van der Waals surface area contributed by atoms with E-state index in [9.17, 15) is 0 Å². The fourth-order valence-electron chi connectivity index (χ4n) is 4.42. The smallest absolute Gasteiger partial charge is 0.209 e. The summed E-state index contributed by atoms with van der Waals surface area (Å²) < 4.78 is 2.45. The van der Waals surface area contributed by atoms with Crippen LogP contribution in [0, 0.1) is 0 Å². The summed E-state index contributed by atoms with van der Waals surface area (Å²) in [4.78, 5) is 2.56. The first-order valence-corrected chi connectivity index (χ1v) is 11.5. The maximum atomic E-state index is 2.56. The highest BCUT2D eigenvalue weighted by atomic mass is 15.2. The first-order chi connectivity index (χ1) is 14.3. The summed E-state index contributed by atoms with van der Waals surface area (Å²) in [5.41, 5.74) is 7.20. The molecule has 1 unspecified atom stereocenters. The molecule has 0 amide bonds. The second-order valence-corrected chi connectivity index (χ2v) is 6.95. The molecule has 0 aromatic heterocycles. The van der Waals surface area contributed by atoms with Crippen LogP contribution in [0.2, 0.25) is 0 Å². The highest BCUT2D eigenvalue weighted by Crippen LogP contribution is 2.33. The molecule has 156 valence electrons. The van der Waals surface area contributed by atoms with Gasteiger partial charge in [0, 0.05) is 36.0 Å². The Morgan fingerprint density at radius 3 is 2.28 bits per heavy atom. The van der Waals surface area contributed by atoms with E-state index in [0.717, 1.165) is 25.9 Å². The van der Waals surface area contributed by atoms with Gasteiger partial charge in [-0.15, -0.1) is 0 Å². The Labute approximate surface area is 178 Å². The Morgan fingerprint density at radius 1 is 0.931 bits per heavy atom. The summed E-state index contributed by atoms with van der Waals surface area (Å²) >= 11 is 0. The predicted octanol–water partition coefficient (Wildman–Crippen LogP) is 6.80. The van der Waals surface area contributed by atoms with Crippen LogP contribution in [-0.4, -0.2) is 29.4 Å². The summed E-state index contributed by atoms with van der Waals surface area (Å²) in [7, 11) is 0. The van der Waals surface area contributed by atoms with E-state index in [-0.39, 0.29) is 0 Å². The lowest BCUT2D eigenvalue weighted by Crippen LogP contribution is -2.31. The lowest BCUT2D eigenvalue weighted by Gasteiger charge is -2.25. The minimum absolute atomic E-state index is 0.595. The number of hydrogen-bond acceptors (Lipinski definition) is 1. The van der Waals surface area contributed by atoms with Crippen molar-refractivity contribution >= 4 is 17.1 Å². The van der Waals surface area contributed by atoms with E-state index in [0.29, 0.717) is 6.04 Å². The molecule has 0 aliphatic carbocycles. The molecule has 0 radical (unpaired) electrons. The molecule has 0 fully saturated rings. The third-order valence-electron chi connectivity index (χ3n) is 5.57. The van der Waals surface area contributed by atoms with Gasteiger partial charge in [-0.25, -0.2) is 0 Å². The van der Waals surface area contributed by atoms with Crippen molar-refractivity contribution in [2.45, 2.75) is 66.8 Å². The third-order valence-corrected chi connectivity index (χ3v) is 5.57. The van der Waals surface area contributed by atoms with Crippen LogP contribution in [-0.2, 0) is 12.8 Å². The molecular weight excluding hydrogens is 352 g/mol. The van der Waals surface area contributed by atoms with Gasteiger partial charge in [0.2, 0.25) is 5.69 Å². The molecule has 2 nitrogen and oxygen atoms in total. The Kier molecular flexibility index (Phi) is 9.18. The number of anilines is 1. The first kappa shape index (κ1) is 22.9. The van der Waals surface area contributed by atoms with Crippen LogP contribution < -0.4 is 4.90 Å². The van der Waals surface area contributed by atoms with Crippen LogP contribution in [0.15, 0.2) is 60.7 Å². The second-order valence-electron chi connectivity index (χ2n) is 6.95. The lowest BCUT2D eigenvalue weighted by molar-refractivity contribution is -0.432. The highest BCUT2D eigenvalue weighted by molar-refractivity contribution is 5.96. The molecular formula is C27H39N2+. The van der Waals surface area contributed by atoms with Crippen molar-refractivity contribution < 1.29 is 4.58 Å². The summed E-state index contributed by atoms with van der Waals surface area (Å²) in [6.45, 7) is 14.6. The molecule has 2 aromatic carbocycles. The molecule has 0 saturated heterocycles. The average Bonchev–Trinajstić information content (AvgIpc) is 3.33. The number of nitrogens with zero attached hydrogens (tertiary/aromatic N) is 2. The minimum atomic E-state index is 0.595. The fraction of sp³-hybridized carbons (Fsp3) is 0.444. The number of hydrogen-bond donors (Lipinski definition) is 0. The Balaban J connectivity index is 0.000000707. The van der Waals surface area contributed by atoms with Crippen LogP contribution >= 0.6 is 0 Å². The van der Waals surface area contributed by atoms with Crippen LogP contribution in [0.1, 0.15) is 59.1 Å². The summed E-state index contributed by atoms with van der Waals surface area (Å²) in [5, 5.41) is 0. The van der Waals surface area contributed by atoms with Gasteiger partial charge in [0.05, 0.1) is 6.42 Å². The first-order valence-electron chi connectivity index (χ1n) is 11.5. The van der Waals surface area contributed by atoms with Crippen LogP contribution in [0.4, 0.5) is 11.4 Å². The van der Waals surface area contributed by atoms with E-state index >= 15 is 0 Å². The van der Waals surface area contributed by atoms with E-state index < -0.39 is 0 Å². The second kappa shape index (κ2) is 11.6. The van der Waals surface area contributed by atoms with Crippen molar-refractivity contribution in [1.82, 2.24) is 0 Å². The molecule has 2 aliphatic heterocycles. The van der Waals surface area contributed by atoms with Crippen LogP contribution in [0.25, 0.3) is 0 Å². The van der Waals surface area contributed by atoms with Gasteiger partial charge >= 0.3 is 0 Å². The molecule has 4 rings (SSSR count). The summed E-state index contributed by atoms with van der Waals surface area (Å²) in [6, 6.07) is 18.2. The number of rotatable bonds is 5. The normalized spacial score (nSPS) is 16.8. The third kappa shape index (κ3) is 4.98. The minimum Gasteiger partial charge on any atom is -0.368 e. The van der Waals surface area contributed by atoms with Gasteiger partial charge in [-0.05, 0) is 38.3 Å². The quantitative estimate of drug-likeness (QED) is 0.508. The molecule has 0 saturated carbocycles. The maximum Gasteiger partial charge on any atom is 0.209 e. The zero-order valence-electron chi connectivity index (χ0n) is 19.3. The van der Waals surface area contributed by atoms with E-state index in [1.807, 2.05) is 27.7 Å². The Morgan fingerprint density at radius 2 is 1.59 bits per heavy atom. The molecule has 29 heavy (non-hydrogen) atoms. The van der Waals surface area contributed by atoms with Gasteiger partial charge in [-0.2, -0.15) is 4.58 Å². The van der Waals surface area contributed by atoms with E-state index in [4.69, 9.17) is 0 Å². The standard InChI is InChI=1S/C23H27N2.2C2H6/c1-3-24-20(16-18-10-5-7-14-22(18)24)12-9-13-21-17-19-11-6-8-15-23(19)25(21)4-2;2*1-2/h5-12,14-15,21H,3-4,13,16-17H2,1-2H3;2*1-2H3/q+1;;/b12-9+;;. The molecule has 2 aliphatic rings. The molecule has 1 atom stereocenters. The SMILES string of the molecule is CC.CC.CCN1c2ccccc2CC1C/C=C/C1=[N+](CC)c2ccccc2C1. The summed E-state index contributed by atoms with van der Waals surface area (Å²) in [6.07, 6.45) is 8.09. The molecule has 0 spiro atoms. The fourth-order valence-corrected chi connectivity index (χ4v) is 4.42. The average molecular weight is 392 g/mol. The topological polar surface area (TPSA) is 6.25 Å². The maximum absolute atomic E-state index is 2.56. The van der Waals surface area contributed by atoms with E-state index in [2.05, 4.69) is 84.0 Å². The van der Waals surface area contributed by atoms with Crippen molar-refractivity contribution in [3.63, 3.8) is 0 Å². The van der Waals surface area contributed by atoms with Gasteiger partial charge in [0.1, 0.15) is 6.54 Å². The van der Waals surface area contributed by atoms with E-state index in [1.54, 1.807) is 0 Å². The Bertz CT molecular complexity index is 832.